The zero-order valence-electron chi connectivity index (χ0n) is 7.60. The SMILES string of the molecule is [2H]CS(=O)(=O)c1nc2ccccc2s1. The molecule has 68 valence electrons. The smallest absolute Gasteiger partial charge is 0.210 e. The summed E-state index contributed by atoms with van der Waals surface area (Å²) in [6, 6.07) is 7.21. The van der Waals surface area contributed by atoms with Crippen molar-refractivity contribution < 1.29 is 9.79 Å². The largest absolute Gasteiger partial charge is 0.225 e. The fraction of sp³-hybridized carbons (Fsp3) is 0.125. The van der Waals surface area contributed by atoms with Crippen molar-refractivity contribution in [2.24, 2.45) is 0 Å². The van der Waals surface area contributed by atoms with Crippen LogP contribution >= 0.6 is 11.3 Å². The lowest BCUT2D eigenvalue weighted by Crippen LogP contribution is -1.94. The lowest BCUT2D eigenvalue weighted by Gasteiger charge is -1.85. The van der Waals surface area contributed by atoms with E-state index < -0.39 is 16.1 Å². The fourth-order valence-corrected chi connectivity index (χ4v) is 2.70. The van der Waals surface area contributed by atoms with Crippen LogP contribution in [0.25, 0.3) is 10.2 Å². The second-order valence-electron chi connectivity index (χ2n) is 2.56. The number of sulfone groups is 1. The number of hydrogen-bond acceptors (Lipinski definition) is 4. The maximum Gasteiger partial charge on any atom is 0.210 e. The van der Waals surface area contributed by atoms with Crippen molar-refractivity contribution in [1.29, 1.82) is 0 Å². The molecular formula is C8H7NO2S2. The molecule has 1 aromatic heterocycles. The Labute approximate surface area is 81.4 Å². The molecule has 3 nitrogen and oxygen atoms in total. The van der Waals surface area contributed by atoms with Gasteiger partial charge in [0.1, 0.15) is 0 Å². The summed E-state index contributed by atoms with van der Waals surface area (Å²) in [5, 5.41) is 0. The van der Waals surface area contributed by atoms with E-state index in [1.165, 1.54) is 0 Å². The molecular weight excluding hydrogens is 206 g/mol. The summed E-state index contributed by atoms with van der Waals surface area (Å²) in [6.07, 6.45) is -0.646. The van der Waals surface area contributed by atoms with Crippen molar-refractivity contribution >= 4 is 31.4 Å². The number of fused-ring (bicyclic) bond motifs is 1. The van der Waals surface area contributed by atoms with E-state index in [4.69, 9.17) is 1.37 Å². The van der Waals surface area contributed by atoms with E-state index in [-0.39, 0.29) is 4.34 Å². The summed E-state index contributed by atoms with van der Waals surface area (Å²) in [5.41, 5.74) is 0.671. The number of thiazole rings is 1. The van der Waals surface area contributed by atoms with Crippen molar-refractivity contribution in [2.45, 2.75) is 4.34 Å². The predicted octanol–water partition coefficient (Wildman–Crippen LogP) is 1.70. The first-order valence-electron chi connectivity index (χ1n) is 4.22. The van der Waals surface area contributed by atoms with Gasteiger partial charge >= 0.3 is 0 Å². The van der Waals surface area contributed by atoms with Gasteiger partial charge in [-0.05, 0) is 12.1 Å². The van der Waals surface area contributed by atoms with Crippen LogP contribution in [0.4, 0.5) is 0 Å². The molecule has 0 fully saturated rings. The molecule has 0 aliphatic carbocycles. The van der Waals surface area contributed by atoms with Gasteiger partial charge in [-0.25, -0.2) is 13.4 Å². The highest BCUT2D eigenvalue weighted by Crippen LogP contribution is 2.24. The van der Waals surface area contributed by atoms with Crippen molar-refractivity contribution in [2.75, 3.05) is 6.23 Å². The van der Waals surface area contributed by atoms with Gasteiger partial charge in [0, 0.05) is 7.60 Å². The summed E-state index contributed by atoms with van der Waals surface area (Å²) >= 11 is 1.11. The number of benzene rings is 1. The molecule has 0 saturated heterocycles. The molecule has 0 saturated carbocycles. The third-order valence-corrected chi connectivity index (χ3v) is 4.01. The third-order valence-electron chi connectivity index (χ3n) is 1.54. The lowest BCUT2D eigenvalue weighted by molar-refractivity contribution is 0.601. The van der Waals surface area contributed by atoms with Crippen LogP contribution < -0.4 is 0 Å². The van der Waals surface area contributed by atoms with Gasteiger partial charge in [0.15, 0.2) is 0 Å². The van der Waals surface area contributed by atoms with E-state index in [1.54, 1.807) is 12.1 Å². The highest BCUT2D eigenvalue weighted by Gasteiger charge is 2.12. The summed E-state index contributed by atoms with van der Waals surface area (Å²) in [6.45, 7) is 0. The van der Waals surface area contributed by atoms with Crippen LogP contribution in [0.2, 0.25) is 0 Å². The second-order valence-corrected chi connectivity index (χ2v) is 5.47. The minimum Gasteiger partial charge on any atom is -0.225 e. The molecule has 1 aromatic carbocycles. The highest BCUT2D eigenvalue weighted by atomic mass is 32.2. The Morgan fingerprint density at radius 1 is 1.46 bits per heavy atom. The number of nitrogens with zero attached hydrogens (tertiary/aromatic N) is 1. The van der Waals surface area contributed by atoms with Crippen LogP contribution in [0.3, 0.4) is 0 Å². The number of aromatic nitrogens is 1. The molecule has 0 aliphatic rings. The van der Waals surface area contributed by atoms with E-state index in [9.17, 15) is 8.42 Å². The van der Waals surface area contributed by atoms with Gasteiger partial charge in [0.05, 0.1) is 10.2 Å². The van der Waals surface area contributed by atoms with E-state index in [2.05, 4.69) is 4.98 Å². The van der Waals surface area contributed by atoms with Crippen molar-refractivity contribution in [3.05, 3.63) is 24.3 Å². The van der Waals surface area contributed by atoms with Crippen LogP contribution in [0.15, 0.2) is 28.6 Å². The molecule has 0 spiro atoms. The van der Waals surface area contributed by atoms with Crippen LogP contribution in [0.5, 0.6) is 0 Å². The molecule has 2 aromatic rings. The molecule has 0 unspecified atom stereocenters. The van der Waals surface area contributed by atoms with Crippen molar-refractivity contribution in [1.82, 2.24) is 4.98 Å². The zero-order valence-corrected chi connectivity index (χ0v) is 8.23. The summed E-state index contributed by atoms with van der Waals surface area (Å²) in [7, 11) is -3.49. The quantitative estimate of drug-likeness (QED) is 0.726. The Morgan fingerprint density at radius 2 is 2.23 bits per heavy atom. The maximum atomic E-state index is 11.3. The van der Waals surface area contributed by atoms with E-state index in [1.807, 2.05) is 12.1 Å². The topological polar surface area (TPSA) is 47.0 Å². The van der Waals surface area contributed by atoms with Gasteiger partial charge in [-0.1, -0.05) is 12.1 Å². The molecule has 2 rings (SSSR count). The average Bonchev–Trinajstić information content (AvgIpc) is 2.61. The molecule has 0 bridgehead atoms. The average molecular weight is 214 g/mol. The molecule has 1 heterocycles. The first-order chi connectivity index (χ1) is 6.63. The lowest BCUT2D eigenvalue weighted by atomic mass is 10.3. The third kappa shape index (κ3) is 1.57. The Kier molecular flexibility index (Phi) is 1.60. The number of rotatable bonds is 1. The van der Waals surface area contributed by atoms with E-state index in [0.717, 1.165) is 16.0 Å². The van der Waals surface area contributed by atoms with E-state index >= 15 is 0 Å². The minimum absolute atomic E-state index is 0.0358. The Hall–Kier alpha value is -0.940. The van der Waals surface area contributed by atoms with Crippen LogP contribution in [0, 0.1) is 0 Å². The van der Waals surface area contributed by atoms with Gasteiger partial charge in [-0.3, -0.25) is 0 Å². The van der Waals surface area contributed by atoms with Crippen LogP contribution in [-0.4, -0.2) is 19.6 Å². The Balaban J connectivity index is 2.67. The first kappa shape index (κ1) is 7.46. The van der Waals surface area contributed by atoms with Crippen molar-refractivity contribution in [3.8, 4) is 0 Å². The molecule has 0 N–H and O–H groups in total. The van der Waals surface area contributed by atoms with Crippen LogP contribution in [0.1, 0.15) is 1.37 Å². The monoisotopic (exact) mass is 214 g/mol. The minimum atomic E-state index is -3.49. The van der Waals surface area contributed by atoms with Gasteiger partial charge in [0.2, 0.25) is 14.2 Å². The molecule has 5 heteroatoms. The predicted molar refractivity (Wildman–Crippen MR) is 52.7 cm³/mol. The summed E-state index contributed by atoms with van der Waals surface area (Å²) in [5.74, 6) is 0. The van der Waals surface area contributed by atoms with Crippen molar-refractivity contribution in [3.63, 3.8) is 0 Å². The highest BCUT2D eigenvalue weighted by molar-refractivity contribution is 7.92. The standard InChI is InChI=1S/C8H7NO2S2/c1-13(10,11)8-9-6-4-2-3-5-7(6)12-8/h2-5H,1H3/i1D. The molecule has 13 heavy (non-hydrogen) atoms. The summed E-state index contributed by atoms with van der Waals surface area (Å²) < 4.78 is 30.4. The first-order valence-corrected chi connectivity index (χ1v) is 5.98. The van der Waals surface area contributed by atoms with Gasteiger partial charge in [0.25, 0.3) is 0 Å². The number of para-hydroxylation sites is 1. The maximum absolute atomic E-state index is 11.3. The van der Waals surface area contributed by atoms with Gasteiger partial charge in [-0.2, -0.15) is 0 Å². The van der Waals surface area contributed by atoms with Gasteiger partial charge < -0.3 is 0 Å². The zero-order chi connectivity index (χ0) is 10.2. The van der Waals surface area contributed by atoms with E-state index in [0.29, 0.717) is 5.52 Å². The van der Waals surface area contributed by atoms with Gasteiger partial charge in [-0.15, -0.1) is 11.3 Å². The molecule has 0 aliphatic heterocycles. The Bertz CT molecular complexity index is 528. The molecule has 0 atom stereocenters. The Morgan fingerprint density at radius 3 is 2.92 bits per heavy atom. The second kappa shape index (κ2) is 2.78. The van der Waals surface area contributed by atoms with Crippen LogP contribution in [-0.2, 0) is 9.84 Å². The number of hydrogen-bond donors (Lipinski definition) is 0. The normalized spacial score (nSPS) is 13.1. The molecule has 0 radical (unpaired) electrons. The molecule has 0 amide bonds. The summed E-state index contributed by atoms with van der Waals surface area (Å²) in [4.78, 5) is 3.97. The fourth-order valence-electron chi connectivity index (χ4n) is 0.984.